The van der Waals surface area contributed by atoms with Crippen molar-refractivity contribution in [2.45, 2.75) is 6.92 Å². The summed E-state index contributed by atoms with van der Waals surface area (Å²) in [6, 6.07) is 6.11. The average Bonchev–Trinajstić information content (AvgIpc) is 2.45. The summed E-state index contributed by atoms with van der Waals surface area (Å²) in [5.41, 5.74) is 3.09. The molecule has 0 unspecified atom stereocenters. The molecule has 0 N–H and O–H groups in total. The SMILES string of the molecule is Cc1cc(N2CCN(CCN(C)C)CC2)ccc1C=O. The minimum atomic E-state index is 0.790. The monoisotopic (exact) mass is 275 g/mol. The van der Waals surface area contributed by atoms with E-state index >= 15 is 0 Å². The van der Waals surface area contributed by atoms with Gasteiger partial charge in [0.1, 0.15) is 6.29 Å². The molecule has 0 spiro atoms. The van der Waals surface area contributed by atoms with Crippen LogP contribution in [0.2, 0.25) is 0 Å². The molecule has 110 valence electrons. The number of benzene rings is 1. The van der Waals surface area contributed by atoms with Gasteiger partial charge in [0.15, 0.2) is 0 Å². The van der Waals surface area contributed by atoms with Gasteiger partial charge in [-0.05, 0) is 44.8 Å². The summed E-state index contributed by atoms with van der Waals surface area (Å²) >= 11 is 0. The van der Waals surface area contributed by atoms with Crippen molar-refractivity contribution in [3.05, 3.63) is 29.3 Å². The van der Waals surface area contributed by atoms with E-state index in [0.29, 0.717) is 0 Å². The van der Waals surface area contributed by atoms with Crippen LogP contribution in [0.1, 0.15) is 15.9 Å². The summed E-state index contributed by atoms with van der Waals surface area (Å²) in [5, 5.41) is 0. The predicted octanol–water partition coefficient (Wildman–Crippen LogP) is 1.49. The van der Waals surface area contributed by atoms with E-state index in [1.807, 2.05) is 13.0 Å². The fourth-order valence-corrected chi connectivity index (χ4v) is 2.56. The van der Waals surface area contributed by atoms with Crippen LogP contribution in [0.25, 0.3) is 0 Å². The zero-order valence-electron chi connectivity index (χ0n) is 12.8. The Hall–Kier alpha value is -1.39. The van der Waals surface area contributed by atoms with E-state index in [1.54, 1.807) is 0 Å². The maximum Gasteiger partial charge on any atom is 0.150 e. The number of piperazine rings is 1. The molecule has 0 aliphatic carbocycles. The third-order valence-corrected chi connectivity index (χ3v) is 3.98. The Kier molecular flexibility index (Phi) is 5.15. The summed E-state index contributed by atoms with van der Waals surface area (Å²) in [6.45, 7) is 8.61. The molecule has 20 heavy (non-hydrogen) atoms. The number of hydrogen-bond acceptors (Lipinski definition) is 4. The number of rotatable bonds is 5. The fraction of sp³-hybridized carbons (Fsp3) is 0.562. The summed E-state index contributed by atoms with van der Waals surface area (Å²) in [5.74, 6) is 0. The van der Waals surface area contributed by atoms with Gasteiger partial charge < -0.3 is 9.80 Å². The molecule has 1 aromatic carbocycles. The van der Waals surface area contributed by atoms with Gasteiger partial charge in [-0.2, -0.15) is 0 Å². The maximum atomic E-state index is 10.9. The van der Waals surface area contributed by atoms with E-state index in [0.717, 1.165) is 56.7 Å². The Labute approximate surface area is 122 Å². The van der Waals surface area contributed by atoms with Crippen molar-refractivity contribution in [2.24, 2.45) is 0 Å². The predicted molar refractivity (Wildman–Crippen MR) is 83.8 cm³/mol. The van der Waals surface area contributed by atoms with Crippen molar-refractivity contribution >= 4 is 12.0 Å². The highest BCUT2D eigenvalue weighted by molar-refractivity contribution is 5.78. The summed E-state index contributed by atoms with van der Waals surface area (Å²) < 4.78 is 0. The normalized spacial score (nSPS) is 16.7. The number of hydrogen-bond donors (Lipinski definition) is 0. The van der Waals surface area contributed by atoms with Gasteiger partial charge in [0.25, 0.3) is 0 Å². The number of aryl methyl sites for hydroxylation is 1. The van der Waals surface area contributed by atoms with Crippen molar-refractivity contribution in [2.75, 3.05) is 58.3 Å². The number of aldehydes is 1. The lowest BCUT2D eigenvalue weighted by molar-refractivity contribution is 0.112. The lowest BCUT2D eigenvalue weighted by atomic mass is 10.1. The molecule has 1 fully saturated rings. The van der Waals surface area contributed by atoms with E-state index in [4.69, 9.17) is 0 Å². The third kappa shape index (κ3) is 3.81. The molecule has 1 aliphatic heterocycles. The molecule has 1 heterocycles. The first-order valence-electron chi connectivity index (χ1n) is 7.28. The lowest BCUT2D eigenvalue weighted by Gasteiger charge is -2.36. The Morgan fingerprint density at radius 3 is 2.45 bits per heavy atom. The van der Waals surface area contributed by atoms with Gasteiger partial charge in [0, 0.05) is 50.5 Å². The molecule has 2 rings (SSSR count). The van der Waals surface area contributed by atoms with Crippen molar-refractivity contribution < 1.29 is 4.79 Å². The van der Waals surface area contributed by atoms with E-state index in [-0.39, 0.29) is 0 Å². The molecule has 1 aliphatic rings. The van der Waals surface area contributed by atoms with Crippen LogP contribution in [0.15, 0.2) is 18.2 Å². The number of likely N-dealkylation sites (N-methyl/N-ethyl adjacent to an activating group) is 1. The van der Waals surface area contributed by atoms with Gasteiger partial charge in [-0.25, -0.2) is 0 Å². The van der Waals surface area contributed by atoms with E-state index in [9.17, 15) is 4.79 Å². The first-order chi connectivity index (χ1) is 9.60. The smallest absolute Gasteiger partial charge is 0.150 e. The summed E-state index contributed by atoms with van der Waals surface area (Å²) in [4.78, 5) is 18.0. The van der Waals surface area contributed by atoms with E-state index in [1.165, 1.54) is 5.69 Å². The van der Waals surface area contributed by atoms with Gasteiger partial charge in [-0.1, -0.05) is 0 Å². The molecule has 0 radical (unpaired) electrons. The van der Waals surface area contributed by atoms with E-state index in [2.05, 4.69) is 40.9 Å². The fourth-order valence-electron chi connectivity index (χ4n) is 2.56. The van der Waals surface area contributed by atoms with Crippen LogP contribution in [0, 0.1) is 6.92 Å². The second-order valence-corrected chi connectivity index (χ2v) is 5.79. The van der Waals surface area contributed by atoms with Crippen molar-refractivity contribution in [3.8, 4) is 0 Å². The average molecular weight is 275 g/mol. The second kappa shape index (κ2) is 6.86. The molecule has 1 saturated heterocycles. The van der Waals surface area contributed by atoms with Crippen LogP contribution >= 0.6 is 0 Å². The van der Waals surface area contributed by atoms with Gasteiger partial charge in [0.2, 0.25) is 0 Å². The number of carbonyl (C=O) groups excluding carboxylic acids is 1. The highest BCUT2D eigenvalue weighted by Crippen LogP contribution is 2.19. The van der Waals surface area contributed by atoms with Crippen LogP contribution in [0.4, 0.5) is 5.69 Å². The Bertz CT molecular complexity index is 451. The van der Waals surface area contributed by atoms with Gasteiger partial charge in [0.05, 0.1) is 0 Å². The molecule has 0 atom stereocenters. The van der Waals surface area contributed by atoms with Crippen molar-refractivity contribution in [3.63, 3.8) is 0 Å². The first kappa shape index (κ1) is 15.0. The Morgan fingerprint density at radius 2 is 1.90 bits per heavy atom. The molecular formula is C16H25N3O. The van der Waals surface area contributed by atoms with Crippen LogP contribution in [-0.2, 0) is 0 Å². The van der Waals surface area contributed by atoms with Gasteiger partial charge in [-0.15, -0.1) is 0 Å². The molecule has 0 amide bonds. The molecule has 4 nitrogen and oxygen atoms in total. The van der Waals surface area contributed by atoms with Crippen molar-refractivity contribution in [1.82, 2.24) is 9.80 Å². The zero-order chi connectivity index (χ0) is 14.5. The van der Waals surface area contributed by atoms with Gasteiger partial charge in [-0.3, -0.25) is 9.69 Å². The minimum Gasteiger partial charge on any atom is -0.369 e. The minimum absolute atomic E-state index is 0.790. The molecule has 4 heteroatoms. The molecule has 0 saturated carbocycles. The summed E-state index contributed by atoms with van der Waals surface area (Å²) in [6.07, 6.45) is 0.929. The molecule has 0 aromatic heterocycles. The van der Waals surface area contributed by atoms with Crippen LogP contribution < -0.4 is 4.90 Å². The standard InChI is InChI=1S/C16H25N3O/c1-14-12-16(5-4-15(14)13-20)19-10-8-18(9-11-19)7-6-17(2)3/h4-5,12-13H,6-11H2,1-3H3. The maximum absolute atomic E-state index is 10.9. The molecular weight excluding hydrogens is 250 g/mol. The lowest BCUT2D eigenvalue weighted by Crippen LogP contribution is -2.48. The van der Waals surface area contributed by atoms with E-state index < -0.39 is 0 Å². The second-order valence-electron chi connectivity index (χ2n) is 5.79. The molecule has 0 bridgehead atoms. The quantitative estimate of drug-likeness (QED) is 0.761. The number of nitrogens with zero attached hydrogens (tertiary/aromatic N) is 3. The Balaban J connectivity index is 1.90. The van der Waals surface area contributed by atoms with Crippen molar-refractivity contribution in [1.29, 1.82) is 0 Å². The Morgan fingerprint density at radius 1 is 1.20 bits per heavy atom. The van der Waals surface area contributed by atoms with Crippen LogP contribution in [0.5, 0.6) is 0 Å². The van der Waals surface area contributed by atoms with Crippen LogP contribution in [0.3, 0.4) is 0 Å². The number of carbonyl (C=O) groups is 1. The summed E-state index contributed by atoms with van der Waals surface area (Å²) in [7, 11) is 4.24. The third-order valence-electron chi connectivity index (χ3n) is 3.98. The highest BCUT2D eigenvalue weighted by atomic mass is 16.1. The van der Waals surface area contributed by atoms with Gasteiger partial charge >= 0.3 is 0 Å². The highest BCUT2D eigenvalue weighted by Gasteiger charge is 2.17. The first-order valence-corrected chi connectivity index (χ1v) is 7.28. The molecule has 1 aromatic rings. The largest absolute Gasteiger partial charge is 0.369 e. The number of anilines is 1. The zero-order valence-corrected chi connectivity index (χ0v) is 12.8. The van der Waals surface area contributed by atoms with Crippen LogP contribution in [-0.4, -0.2) is 69.4 Å². The topological polar surface area (TPSA) is 26.8 Å².